The zero-order chi connectivity index (χ0) is 18.2. The van der Waals surface area contributed by atoms with Crippen LogP contribution in [-0.4, -0.2) is 47.0 Å². The second kappa shape index (κ2) is 6.90. The van der Waals surface area contributed by atoms with Crippen LogP contribution in [0.2, 0.25) is 0 Å². The molecule has 2 saturated carbocycles. The topological polar surface area (TPSA) is 52.6 Å². The Morgan fingerprint density at radius 3 is 2.24 bits per heavy atom. The van der Waals surface area contributed by atoms with E-state index in [-0.39, 0.29) is 17.4 Å². The fourth-order valence-corrected chi connectivity index (χ4v) is 4.98. The number of nitrogens with one attached hydrogen (secondary N) is 1. The molecule has 0 atom stereocenters. The summed E-state index contributed by atoms with van der Waals surface area (Å²) in [6.07, 6.45) is 9.78. The van der Waals surface area contributed by atoms with Gasteiger partial charge in [0.2, 0.25) is 0 Å². The second-order valence-electron chi connectivity index (χ2n) is 9.58. The molecule has 1 aliphatic heterocycles. The van der Waals surface area contributed by atoms with Crippen LogP contribution in [-0.2, 0) is 4.79 Å². The number of carbonyl (C=O) groups is 2. The molecule has 0 aromatic rings. The van der Waals surface area contributed by atoms with E-state index in [4.69, 9.17) is 0 Å². The van der Waals surface area contributed by atoms with Crippen molar-refractivity contribution >= 4 is 11.9 Å². The summed E-state index contributed by atoms with van der Waals surface area (Å²) in [5.41, 5.74) is -0.361. The number of amides is 3. The molecule has 3 aliphatic rings. The Kier molecular flexibility index (Phi) is 5.16. The summed E-state index contributed by atoms with van der Waals surface area (Å²) >= 11 is 0. The Balaban J connectivity index is 1.62. The van der Waals surface area contributed by atoms with Crippen LogP contribution in [0.3, 0.4) is 0 Å². The van der Waals surface area contributed by atoms with Crippen LogP contribution in [0, 0.1) is 11.3 Å². The van der Waals surface area contributed by atoms with E-state index in [1.165, 1.54) is 37.0 Å². The highest BCUT2D eigenvalue weighted by Crippen LogP contribution is 2.43. The van der Waals surface area contributed by atoms with E-state index in [2.05, 4.69) is 38.0 Å². The van der Waals surface area contributed by atoms with Gasteiger partial charge < -0.3 is 5.32 Å². The van der Waals surface area contributed by atoms with Crippen LogP contribution >= 0.6 is 0 Å². The summed E-state index contributed by atoms with van der Waals surface area (Å²) in [6.45, 7) is 7.25. The smallest absolute Gasteiger partial charge is 0.323 e. The molecule has 0 aromatic carbocycles. The van der Waals surface area contributed by atoms with E-state index in [0.717, 1.165) is 25.7 Å². The molecule has 1 N–H and O–H groups in total. The van der Waals surface area contributed by atoms with Crippen LogP contribution in [0.4, 0.5) is 4.79 Å². The van der Waals surface area contributed by atoms with Gasteiger partial charge in [0, 0.05) is 6.04 Å². The van der Waals surface area contributed by atoms with Crippen LogP contribution in [0.15, 0.2) is 0 Å². The Morgan fingerprint density at radius 1 is 1.08 bits per heavy atom. The highest BCUT2D eigenvalue weighted by atomic mass is 16.2. The molecule has 0 bridgehead atoms. The van der Waals surface area contributed by atoms with Gasteiger partial charge in [-0.3, -0.25) is 9.69 Å². The predicted molar refractivity (Wildman–Crippen MR) is 99.0 cm³/mol. The maximum Gasteiger partial charge on any atom is 0.326 e. The molecule has 0 unspecified atom stereocenters. The monoisotopic (exact) mass is 349 g/mol. The normalized spacial score (nSPS) is 31.9. The molecule has 3 rings (SSSR count). The van der Waals surface area contributed by atoms with E-state index in [1.54, 1.807) is 0 Å². The molecule has 1 heterocycles. The summed E-state index contributed by atoms with van der Waals surface area (Å²) in [5, 5.41) is 3.06. The number of hydrogen-bond donors (Lipinski definition) is 1. The van der Waals surface area contributed by atoms with Gasteiger partial charge in [-0.25, -0.2) is 9.69 Å². The van der Waals surface area contributed by atoms with Crippen molar-refractivity contribution in [1.29, 1.82) is 0 Å². The third-order valence-electron chi connectivity index (χ3n) is 6.87. The zero-order valence-corrected chi connectivity index (χ0v) is 16.4. The van der Waals surface area contributed by atoms with Crippen molar-refractivity contribution in [2.24, 2.45) is 11.3 Å². The Labute approximate surface area is 152 Å². The van der Waals surface area contributed by atoms with Gasteiger partial charge in [0.05, 0.1) is 6.67 Å². The minimum Gasteiger partial charge on any atom is -0.323 e. The van der Waals surface area contributed by atoms with Gasteiger partial charge in [-0.15, -0.1) is 0 Å². The van der Waals surface area contributed by atoms with Crippen molar-refractivity contribution in [2.75, 3.05) is 13.7 Å². The first-order valence-corrected chi connectivity index (χ1v) is 10.1. The number of carbonyl (C=O) groups excluding carboxylic acids is 2. The molecule has 0 radical (unpaired) electrons. The highest BCUT2D eigenvalue weighted by molar-refractivity contribution is 6.07. The minimum atomic E-state index is -0.633. The fourth-order valence-electron chi connectivity index (χ4n) is 4.98. The van der Waals surface area contributed by atoms with Gasteiger partial charge in [0.1, 0.15) is 5.54 Å². The maximum absolute atomic E-state index is 13.1. The first kappa shape index (κ1) is 18.7. The molecule has 5 nitrogen and oxygen atoms in total. The lowest BCUT2D eigenvalue weighted by molar-refractivity contribution is -0.134. The fraction of sp³-hybridized carbons (Fsp3) is 0.900. The quantitative estimate of drug-likeness (QED) is 0.790. The summed E-state index contributed by atoms with van der Waals surface area (Å²) in [6, 6.07) is 0.310. The largest absolute Gasteiger partial charge is 0.326 e. The van der Waals surface area contributed by atoms with Gasteiger partial charge >= 0.3 is 6.03 Å². The standard InChI is InChI=1S/C20H35N3O2/c1-19(2,3)15-10-12-20(13-11-15)17(24)23(18(25)21-20)14-22(4)16-8-6-5-7-9-16/h15-16H,5-14H2,1-4H3,(H,21,25). The Hall–Kier alpha value is -1.10. The zero-order valence-electron chi connectivity index (χ0n) is 16.4. The predicted octanol–water partition coefficient (Wildman–Crippen LogP) is 3.74. The molecule has 142 valence electrons. The average molecular weight is 350 g/mol. The van der Waals surface area contributed by atoms with Crippen molar-refractivity contribution in [3.63, 3.8) is 0 Å². The molecule has 2 aliphatic carbocycles. The first-order valence-electron chi connectivity index (χ1n) is 10.1. The van der Waals surface area contributed by atoms with Crippen LogP contribution in [0.1, 0.15) is 78.6 Å². The van der Waals surface area contributed by atoms with Gasteiger partial charge in [-0.2, -0.15) is 0 Å². The summed E-state index contributed by atoms with van der Waals surface area (Å²) in [4.78, 5) is 29.3. The number of urea groups is 1. The van der Waals surface area contributed by atoms with Crippen molar-refractivity contribution in [3.8, 4) is 0 Å². The van der Waals surface area contributed by atoms with Gasteiger partial charge in [-0.05, 0) is 56.9 Å². The lowest BCUT2D eigenvalue weighted by Crippen LogP contribution is -2.51. The molecule has 25 heavy (non-hydrogen) atoms. The molecule has 3 amide bonds. The van der Waals surface area contributed by atoms with Crippen molar-refractivity contribution in [2.45, 2.75) is 90.1 Å². The van der Waals surface area contributed by atoms with Crippen molar-refractivity contribution < 1.29 is 9.59 Å². The third kappa shape index (κ3) is 3.71. The van der Waals surface area contributed by atoms with E-state index < -0.39 is 5.54 Å². The first-order chi connectivity index (χ1) is 11.7. The van der Waals surface area contributed by atoms with E-state index in [9.17, 15) is 9.59 Å². The van der Waals surface area contributed by atoms with Crippen molar-refractivity contribution in [1.82, 2.24) is 15.1 Å². The Bertz CT molecular complexity index is 512. The molecular weight excluding hydrogens is 314 g/mol. The highest BCUT2D eigenvalue weighted by Gasteiger charge is 2.53. The molecule has 0 aromatic heterocycles. The van der Waals surface area contributed by atoms with Crippen LogP contribution < -0.4 is 5.32 Å². The lowest BCUT2D eigenvalue weighted by atomic mass is 9.67. The number of nitrogens with zero attached hydrogens (tertiary/aromatic N) is 2. The summed E-state index contributed by atoms with van der Waals surface area (Å²) in [7, 11) is 2.05. The van der Waals surface area contributed by atoms with E-state index in [1.807, 2.05) is 0 Å². The second-order valence-corrected chi connectivity index (χ2v) is 9.58. The number of hydrogen-bond acceptors (Lipinski definition) is 3. The van der Waals surface area contributed by atoms with Gasteiger partial charge in [-0.1, -0.05) is 40.0 Å². The Morgan fingerprint density at radius 2 is 1.68 bits per heavy atom. The van der Waals surface area contributed by atoms with Gasteiger partial charge in [0.15, 0.2) is 0 Å². The molecule has 1 spiro atoms. The summed E-state index contributed by atoms with van der Waals surface area (Å²) in [5.74, 6) is 0.634. The summed E-state index contributed by atoms with van der Waals surface area (Å²) < 4.78 is 0. The van der Waals surface area contributed by atoms with E-state index >= 15 is 0 Å². The van der Waals surface area contributed by atoms with Crippen LogP contribution in [0.5, 0.6) is 0 Å². The maximum atomic E-state index is 13.1. The van der Waals surface area contributed by atoms with Gasteiger partial charge in [0.25, 0.3) is 5.91 Å². The minimum absolute atomic E-state index is 0.00696. The lowest BCUT2D eigenvalue weighted by Gasteiger charge is -2.40. The van der Waals surface area contributed by atoms with Crippen LogP contribution in [0.25, 0.3) is 0 Å². The van der Waals surface area contributed by atoms with E-state index in [0.29, 0.717) is 18.6 Å². The average Bonchev–Trinajstić information content (AvgIpc) is 2.79. The third-order valence-corrected chi connectivity index (χ3v) is 6.87. The number of rotatable bonds is 3. The molecular formula is C20H35N3O2. The molecule has 3 fully saturated rings. The molecule has 5 heteroatoms. The van der Waals surface area contributed by atoms with Crippen molar-refractivity contribution in [3.05, 3.63) is 0 Å². The number of imide groups is 1. The SMILES string of the molecule is CN(CN1C(=O)NC2(CCC(C(C)(C)C)CC2)C1=O)C1CCCCC1. The molecule has 1 saturated heterocycles.